The van der Waals surface area contributed by atoms with Gasteiger partial charge in [-0.25, -0.2) is 18.7 Å². The number of nitrogens with zero attached hydrogens (tertiary/aromatic N) is 4. The summed E-state index contributed by atoms with van der Waals surface area (Å²) in [6, 6.07) is 7.35. The maximum atomic E-state index is 13.3. The standard InChI is InChI=1S/C26H19Cl2F2N5O3S/c1-12-6-15(16-7-21(27)32-9-19(16)38-2)17(8-31-12)24(36)34-26-33-18-10-35(11-20(18)39-26)25(37)14-5-3-4-13(22(14)28)23(29)30/h3-9,23H,10-11H2,1-2H3,(H,33,34,36). The minimum atomic E-state index is -2.79. The quantitative estimate of drug-likeness (QED) is 0.255. The number of halogens is 4. The molecule has 4 heterocycles. The van der Waals surface area contributed by atoms with Crippen LogP contribution in [0.3, 0.4) is 0 Å². The zero-order valence-corrected chi connectivity index (χ0v) is 22.8. The highest BCUT2D eigenvalue weighted by molar-refractivity contribution is 7.16. The fraction of sp³-hybridized carbons (Fsp3) is 0.192. The van der Waals surface area contributed by atoms with Gasteiger partial charge in [0, 0.05) is 28.6 Å². The second-order valence-corrected chi connectivity index (χ2v) is 10.4. The number of hydrogen-bond donors (Lipinski definition) is 1. The highest BCUT2D eigenvalue weighted by Gasteiger charge is 2.30. The molecule has 8 nitrogen and oxygen atoms in total. The van der Waals surface area contributed by atoms with Gasteiger partial charge >= 0.3 is 0 Å². The number of pyridine rings is 2. The number of rotatable bonds is 6. The van der Waals surface area contributed by atoms with Crippen LogP contribution in [0.2, 0.25) is 10.2 Å². The summed E-state index contributed by atoms with van der Waals surface area (Å²) in [7, 11) is 1.50. The summed E-state index contributed by atoms with van der Waals surface area (Å²) in [5, 5.41) is 3.13. The van der Waals surface area contributed by atoms with Crippen LogP contribution in [0.15, 0.2) is 42.7 Å². The van der Waals surface area contributed by atoms with Crippen molar-refractivity contribution in [1.29, 1.82) is 0 Å². The lowest BCUT2D eigenvalue weighted by atomic mass is 10.0. The zero-order valence-electron chi connectivity index (χ0n) is 20.5. The molecule has 4 aromatic rings. The Labute approximate surface area is 235 Å². The maximum absolute atomic E-state index is 13.3. The van der Waals surface area contributed by atoms with Crippen LogP contribution in [-0.4, -0.2) is 38.8 Å². The number of aromatic nitrogens is 3. The van der Waals surface area contributed by atoms with Gasteiger partial charge in [-0.05, 0) is 25.1 Å². The van der Waals surface area contributed by atoms with Gasteiger partial charge in [0.05, 0.1) is 53.1 Å². The van der Waals surface area contributed by atoms with Crippen LogP contribution in [0, 0.1) is 6.92 Å². The molecule has 0 bridgehead atoms. The van der Waals surface area contributed by atoms with Gasteiger partial charge in [0.2, 0.25) is 0 Å². The number of ether oxygens (including phenoxy) is 1. The predicted octanol–water partition coefficient (Wildman–Crippen LogP) is 6.57. The number of amides is 2. The van der Waals surface area contributed by atoms with E-state index in [1.807, 2.05) is 0 Å². The topological polar surface area (TPSA) is 97.3 Å². The molecular weight excluding hydrogens is 571 g/mol. The smallest absolute Gasteiger partial charge is 0.265 e. The molecule has 3 aromatic heterocycles. The molecule has 1 aliphatic heterocycles. The number of fused-ring (bicyclic) bond motifs is 1. The Balaban J connectivity index is 1.35. The molecule has 0 unspecified atom stereocenters. The lowest BCUT2D eigenvalue weighted by molar-refractivity contribution is 0.0750. The first-order chi connectivity index (χ1) is 18.7. The third-order valence-electron chi connectivity index (χ3n) is 6.08. The summed E-state index contributed by atoms with van der Waals surface area (Å²) in [5.74, 6) is -0.474. The lowest BCUT2D eigenvalue weighted by Gasteiger charge is -2.17. The number of alkyl halides is 2. The van der Waals surface area contributed by atoms with E-state index in [-0.39, 0.29) is 34.4 Å². The van der Waals surface area contributed by atoms with Crippen LogP contribution < -0.4 is 10.1 Å². The number of carbonyl (C=O) groups excluding carboxylic acids is 2. The minimum Gasteiger partial charge on any atom is -0.494 e. The van der Waals surface area contributed by atoms with Crippen LogP contribution in [0.5, 0.6) is 5.75 Å². The van der Waals surface area contributed by atoms with Crippen molar-refractivity contribution in [2.45, 2.75) is 26.4 Å². The molecular formula is C26H19Cl2F2N5O3S. The van der Waals surface area contributed by atoms with Crippen molar-refractivity contribution >= 4 is 51.5 Å². The molecule has 0 aliphatic carbocycles. The van der Waals surface area contributed by atoms with E-state index in [1.165, 1.54) is 53.9 Å². The van der Waals surface area contributed by atoms with E-state index in [1.54, 1.807) is 19.1 Å². The molecule has 0 atom stereocenters. The van der Waals surface area contributed by atoms with Crippen molar-refractivity contribution in [3.05, 3.63) is 85.9 Å². The Morgan fingerprint density at radius 1 is 1.10 bits per heavy atom. The van der Waals surface area contributed by atoms with Crippen molar-refractivity contribution in [1.82, 2.24) is 19.9 Å². The van der Waals surface area contributed by atoms with Gasteiger partial charge < -0.3 is 9.64 Å². The fourth-order valence-electron chi connectivity index (χ4n) is 4.21. The summed E-state index contributed by atoms with van der Waals surface area (Å²) in [5.41, 5.74) is 2.33. The molecule has 39 heavy (non-hydrogen) atoms. The Kier molecular flexibility index (Phi) is 7.48. The number of carbonyl (C=O) groups is 2. The normalized spacial score (nSPS) is 12.5. The molecule has 5 rings (SSSR count). The van der Waals surface area contributed by atoms with Crippen LogP contribution in [-0.2, 0) is 13.1 Å². The monoisotopic (exact) mass is 589 g/mol. The van der Waals surface area contributed by atoms with E-state index in [9.17, 15) is 18.4 Å². The first-order valence-corrected chi connectivity index (χ1v) is 13.1. The molecule has 2 amide bonds. The number of thiazole rings is 1. The number of methoxy groups -OCH3 is 1. The molecule has 0 radical (unpaired) electrons. The molecule has 13 heteroatoms. The van der Waals surface area contributed by atoms with E-state index < -0.39 is 23.8 Å². The number of hydrogen-bond acceptors (Lipinski definition) is 7. The Bertz CT molecular complexity index is 1590. The van der Waals surface area contributed by atoms with Crippen LogP contribution in [0.1, 0.15) is 49.0 Å². The van der Waals surface area contributed by atoms with Gasteiger partial charge in [-0.15, -0.1) is 0 Å². The van der Waals surface area contributed by atoms with Gasteiger partial charge in [-0.3, -0.25) is 19.9 Å². The third-order valence-corrected chi connectivity index (χ3v) is 7.71. The van der Waals surface area contributed by atoms with Crippen molar-refractivity contribution in [2.24, 2.45) is 0 Å². The Morgan fingerprint density at radius 3 is 2.62 bits per heavy atom. The first kappa shape index (κ1) is 26.9. The molecule has 0 spiro atoms. The van der Waals surface area contributed by atoms with Crippen molar-refractivity contribution in [3.63, 3.8) is 0 Å². The largest absolute Gasteiger partial charge is 0.494 e. The molecule has 0 saturated heterocycles. The van der Waals surface area contributed by atoms with E-state index >= 15 is 0 Å². The SMILES string of the molecule is COc1cnc(Cl)cc1-c1cc(C)ncc1C(=O)Nc1nc2c(s1)CN(C(=O)c1cccc(C(F)F)c1Cl)C2. The molecule has 0 saturated carbocycles. The Hall–Kier alpha value is -3.67. The summed E-state index contributed by atoms with van der Waals surface area (Å²) in [6.45, 7) is 2.16. The highest BCUT2D eigenvalue weighted by Crippen LogP contribution is 2.37. The van der Waals surface area contributed by atoms with Gasteiger partial charge in [-0.2, -0.15) is 0 Å². The van der Waals surface area contributed by atoms with E-state index in [0.29, 0.717) is 33.4 Å². The molecule has 1 aliphatic rings. The van der Waals surface area contributed by atoms with E-state index in [4.69, 9.17) is 27.9 Å². The average molecular weight is 590 g/mol. The van der Waals surface area contributed by atoms with Crippen LogP contribution in [0.25, 0.3) is 11.1 Å². The number of aryl methyl sites for hydroxylation is 1. The minimum absolute atomic E-state index is 0.00388. The van der Waals surface area contributed by atoms with Crippen molar-refractivity contribution < 1.29 is 23.1 Å². The number of anilines is 1. The summed E-state index contributed by atoms with van der Waals surface area (Å²) in [4.78, 5) is 41.3. The van der Waals surface area contributed by atoms with Gasteiger partial charge in [-0.1, -0.05) is 46.7 Å². The van der Waals surface area contributed by atoms with Gasteiger partial charge in [0.1, 0.15) is 10.9 Å². The summed E-state index contributed by atoms with van der Waals surface area (Å²) >= 11 is 13.4. The zero-order chi connectivity index (χ0) is 27.8. The summed E-state index contributed by atoms with van der Waals surface area (Å²) < 4.78 is 31.8. The predicted molar refractivity (Wildman–Crippen MR) is 144 cm³/mol. The van der Waals surface area contributed by atoms with E-state index in [0.717, 1.165) is 4.88 Å². The molecule has 200 valence electrons. The second kappa shape index (κ2) is 10.8. The molecule has 1 aromatic carbocycles. The molecule has 1 N–H and O–H groups in total. The molecule has 0 fully saturated rings. The average Bonchev–Trinajstić information content (AvgIpc) is 3.47. The number of benzene rings is 1. The van der Waals surface area contributed by atoms with Crippen molar-refractivity contribution in [3.8, 4) is 16.9 Å². The van der Waals surface area contributed by atoms with Gasteiger partial charge in [0.15, 0.2) is 5.13 Å². The lowest BCUT2D eigenvalue weighted by Crippen LogP contribution is -2.26. The fourth-order valence-corrected chi connectivity index (χ4v) is 5.64. The summed E-state index contributed by atoms with van der Waals surface area (Å²) in [6.07, 6.45) is 0.149. The Morgan fingerprint density at radius 2 is 1.90 bits per heavy atom. The van der Waals surface area contributed by atoms with Crippen molar-refractivity contribution in [2.75, 3.05) is 12.4 Å². The van der Waals surface area contributed by atoms with Gasteiger partial charge in [0.25, 0.3) is 18.2 Å². The maximum Gasteiger partial charge on any atom is 0.265 e. The third kappa shape index (κ3) is 5.29. The van der Waals surface area contributed by atoms with Crippen LogP contribution >= 0.6 is 34.5 Å². The van der Waals surface area contributed by atoms with Crippen LogP contribution in [0.4, 0.5) is 13.9 Å². The number of nitrogens with one attached hydrogen (secondary N) is 1. The van der Waals surface area contributed by atoms with E-state index in [2.05, 4.69) is 20.3 Å². The highest BCUT2D eigenvalue weighted by atomic mass is 35.5. The second-order valence-electron chi connectivity index (χ2n) is 8.59. The first-order valence-electron chi connectivity index (χ1n) is 11.5.